The van der Waals surface area contributed by atoms with Gasteiger partial charge in [0.05, 0.1) is 0 Å². The van der Waals surface area contributed by atoms with Gasteiger partial charge in [-0.15, -0.1) is 0 Å². The smallest absolute Gasteiger partial charge is 0.253 e. The number of halogens is 2. The molecule has 108 valence electrons. The van der Waals surface area contributed by atoms with Crippen molar-refractivity contribution in [2.75, 3.05) is 13.1 Å². The first-order valence-corrected chi connectivity index (χ1v) is 7.04. The van der Waals surface area contributed by atoms with Gasteiger partial charge >= 0.3 is 0 Å². The van der Waals surface area contributed by atoms with Crippen molar-refractivity contribution < 1.29 is 13.6 Å². The molecule has 1 aliphatic carbocycles. The van der Waals surface area contributed by atoms with Gasteiger partial charge in [-0.3, -0.25) is 4.79 Å². The molecule has 2 N–H and O–H groups in total. The fourth-order valence-corrected chi connectivity index (χ4v) is 3.45. The Bertz CT molecular complexity index is 535. The van der Waals surface area contributed by atoms with Crippen LogP contribution in [0.15, 0.2) is 18.2 Å². The van der Waals surface area contributed by atoms with Crippen molar-refractivity contribution >= 4 is 5.91 Å². The summed E-state index contributed by atoms with van der Waals surface area (Å²) < 4.78 is 26.1. The number of fused-ring (bicyclic) bond motifs is 1. The summed E-state index contributed by atoms with van der Waals surface area (Å²) >= 11 is 0. The van der Waals surface area contributed by atoms with Crippen LogP contribution in [0.2, 0.25) is 0 Å². The number of rotatable bonds is 1. The summed E-state index contributed by atoms with van der Waals surface area (Å²) in [5.74, 6) is -1.17. The Kier molecular flexibility index (Phi) is 3.46. The normalized spacial score (nSPS) is 29.4. The second-order valence-corrected chi connectivity index (χ2v) is 5.93. The fourth-order valence-electron chi connectivity index (χ4n) is 3.45. The number of carbonyl (C=O) groups is 1. The van der Waals surface area contributed by atoms with E-state index >= 15 is 0 Å². The Morgan fingerprint density at radius 2 is 1.90 bits per heavy atom. The van der Waals surface area contributed by atoms with Gasteiger partial charge < -0.3 is 10.6 Å². The molecular formula is C15H18F2N2O. The molecule has 3 atom stereocenters. The van der Waals surface area contributed by atoms with E-state index in [0.29, 0.717) is 24.9 Å². The zero-order valence-electron chi connectivity index (χ0n) is 11.2. The van der Waals surface area contributed by atoms with Crippen LogP contribution in [-0.2, 0) is 0 Å². The number of amides is 1. The molecule has 3 nitrogen and oxygen atoms in total. The zero-order chi connectivity index (χ0) is 14.3. The molecule has 1 saturated heterocycles. The molecule has 0 aromatic heterocycles. The lowest BCUT2D eigenvalue weighted by molar-refractivity contribution is 0.0783. The molecule has 2 aliphatic rings. The Hall–Kier alpha value is -1.49. The second kappa shape index (κ2) is 5.13. The van der Waals surface area contributed by atoms with Gasteiger partial charge in [0.1, 0.15) is 0 Å². The van der Waals surface area contributed by atoms with Gasteiger partial charge in [-0.25, -0.2) is 8.78 Å². The van der Waals surface area contributed by atoms with Gasteiger partial charge in [-0.2, -0.15) is 0 Å². The molecular weight excluding hydrogens is 262 g/mol. The van der Waals surface area contributed by atoms with Crippen LogP contribution in [0.3, 0.4) is 0 Å². The molecule has 2 fully saturated rings. The minimum Gasteiger partial charge on any atom is -0.338 e. The van der Waals surface area contributed by atoms with Crippen LogP contribution < -0.4 is 5.73 Å². The lowest BCUT2D eigenvalue weighted by atomic mass is 9.79. The molecule has 1 unspecified atom stereocenters. The van der Waals surface area contributed by atoms with Crippen LogP contribution in [0.5, 0.6) is 0 Å². The number of carbonyl (C=O) groups excluding carboxylic acids is 1. The SMILES string of the molecule is NC1CC[C@@H]2CN(C(=O)c3ccc(F)c(F)c3)C[C@@H]2C1. The third-order valence-electron chi connectivity index (χ3n) is 4.54. The van der Waals surface area contributed by atoms with Gasteiger partial charge in [0.25, 0.3) is 5.91 Å². The maximum absolute atomic E-state index is 13.2. The van der Waals surface area contributed by atoms with Crippen LogP contribution in [-0.4, -0.2) is 29.9 Å². The van der Waals surface area contributed by atoms with Crippen LogP contribution >= 0.6 is 0 Å². The average molecular weight is 280 g/mol. The van der Waals surface area contributed by atoms with Crippen molar-refractivity contribution in [2.24, 2.45) is 17.6 Å². The summed E-state index contributed by atoms with van der Waals surface area (Å²) in [6.07, 6.45) is 3.01. The van der Waals surface area contributed by atoms with E-state index in [1.165, 1.54) is 6.07 Å². The first-order chi connectivity index (χ1) is 9.54. The highest BCUT2D eigenvalue weighted by molar-refractivity contribution is 5.94. The number of likely N-dealkylation sites (tertiary alicyclic amines) is 1. The molecule has 0 spiro atoms. The molecule has 20 heavy (non-hydrogen) atoms. The van der Waals surface area contributed by atoms with Crippen molar-refractivity contribution in [1.82, 2.24) is 4.90 Å². The van der Waals surface area contributed by atoms with E-state index in [1.54, 1.807) is 4.90 Å². The molecule has 0 bridgehead atoms. The monoisotopic (exact) mass is 280 g/mol. The largest absolute Gasteiger partial charge is 0.338 e. The summed E-state index contributed by atoms with van der Waals surface area (Å²) in [4.78, 5) is 14.1. The van der Waals surface area contributed by atoms with Crippen LogP contribution in [0.4, 0.5) is 8.78 Å². The number of nitrogens with zero attached hydrogens (tertiary/aromatic N) is 1. The van der Waals surface area contributed by atoms with Crippen molar-refractivity contribution in [3.63, 3.8) is 0 Å². The summed E-state index contributed by atoms with van der Waals surface area (Å²) in [5, 5.41) is 0. The van der Waals surface area contributed by atoms with E-state index in [4.69, 9.17) is 5.73 Å². The number of hydrogen-bond acceptors (Lipinski definition) is 2. The lowest BCUT2D eigenvalue weighted by Crippen LogP contribution is -2.32. The predicted molar refractivity (Wildman–Crippen MR) is 71.1 cm³/mol. The minimum absolute atomic E-state index is 0.215. The molecule has 1 aromatic rings. The molecule has 1 heterocycles. The van der Waals surface area contributed by atoms with Crippen LogP contribution in [0, 0.1) is 23.5 Å². The second-order valence-electron chi connectivity index (χ2n) is 5.93. The van der Waals surface area contributed by atoms with Crippen molar-refractivity contribution in [3.05, 3.63) is 35.4 Å². The third kappa shape index (κ3) is 2.42. The molecule has 1 saturated carbocycles. The minimum atomic E-state index is -0.977. The standard InChI is InChI=1S/C15H18F2N2O/c16-13-4-2-9(6-14(13)17)15(20)19-7-10-1-3-12(18)5-11(10)8-19/h2,4,6,10-12H,1,3,5,7-8,18H2/t10-,11+,12?/m1/s1. The van der Waals surface area contributed by atoms with Gasteiger partial charge in [0.2, 0.25) is 0 Å². The predicted octanol–water partition coefficient (Wildman–Crippen LogP) is 2.16. The maximum Gasteiger partial charge on any atom is 0.253 e. The summed E-state index contributed by atoms with van der Waals surface area (Å²) in [7, 11) is 0. The molecule has 1 amide bonds. The summed E-state index contributed by atoms with van der Waals surface area (Å²) in [5.41, 5.74) is 6.18. The number of nitrogens with two attached hydrogens (primary N) is 1. The van der Waals surface area contributed by atoms with E-state index in [1.807, 2.05) is 0 Å². The Labute approximate surface area is 116 Å². The Morgan fingerprint density at radius 3 is 2.65 bits per heavy atom. The first-order valence-electron chi connectivity index (χ1n) is 7.04. The molecule has 1 aliphatic heterocycles. The summed E-state index contributed by atoms with van der Waals surface area (Å²) in [6, 6.07) is 3.55. The lowest BCUT2D eigenvalue weighted by Gasteiger charge is -2.27. The van der Waals surface area contributed by atoms with Crippen LogP contribution in [0.25, 0.3) is 0 Å². The zero-order valence-corrected chi connectivity index (χ0v) is 11.2. The molecule has 1 aromatic carbocycles. The van der Waals surface area contributed by atoms with E-state index in [0.717, 1.165) is 31.4 Å². The van der Waals surface area contributed by atoms with Gasteiger partial charge in [-0.1, -0.05) is 0 Å². The van der Waals surface area contributed by atoms with Gasteiger partial charge in [0, 0.05) is 24.7 Å². The Morgan fingerprint density at radius 1 is 1.15 bits per heavy atom. The van der Waals surface area contributed by atoms with Gasteiger partial charge in [-0.05, 0) is 49.3 Å². The summed E-state index contributed by atoms with van der Waals surface area (Å²) in [6.45, 7) is 1.38. The topological polar surface area (TPSA) is 46.3 Å². The molecule has 5 heteroatoms. The van der Waals surface area contributed by atoms with E-state index in [9.17, 15) is 13.6 Å². The van der Waals surface area contributed by atoms with Crippen molar-refractivity contribution in [3.8, 4) is 0 Å². The highest BCUT2D eigenvalue weighted by Crippen LogP contribution is 2.36. The van der Waals surface area contributed by atoms with Crippen molar-refractivity contribution in [1.29, 1.82) is 0 Å². The maximum atomic E-state index is 13.2. The number of hydrogen-bond donors (Lipinski definition) is 1. The molecule has 3 rings (SSSR count). The van der Waals surface area contributed by atoms with Gasteiger partial charge in [0.15, 0.2) is 11.6 Å². The molecule has 0 radical (unpaired) electrons. The van der Waals surface area contributed by atoms with E-state index < -0.39 is 11.6 Å². The van der Waals surface area contributed by atoms with E-state index in [-0.39, 0.29) is 17.5 Å². The highest BCUT2D eigenvalue weighted by atomic mass is 19.2. The third-order valence-corrected chi connectivity index (χ3v) is 4.54. The number of benzene rings is 1. The van der Waals surface area contributed by atoms with Crippen LogP contribution in [0.1, 0.15) is 29.6 Å². The quantitative estimate of drug-likeness (QED) is 0.857. The Balaban J connectivity index is 1.73. The first kappa shape index (κ1) is 13.5. The average Bonchev–Trinajstić information content (AvgIpc) is 2.84. The fraction of sp³-hybridized carbons (Fsp3) is 0.533. The highest BCUT2D eigenvalue weighted by Gasteiger charge is 2.38. The van der Waals surface area contributed by atoms with Crippen molar-refractivity contribution in [2.45, 2.75) is 25.3 Å². The van der Waals surface area contributed by atoms with E-state index in [2.05, 4.69) is 0 Å².